The van der Waals surface area contributed by atoms with Gasteiger partial charge in [0.05, 0.1) is 13.0 Å². The van der Waals surface area contributed by atoms with Crippen molar-refractivity contribution >= 4 is 5.97 Å². The normalized spacial score (nSPS) is 21.9. The van der Waals surface area contributed by atoms with Gasteiger partial charge in [0.2, 0.25) is 0 Å². The van der Waals surface area contributed by atoms with E-state index in [2.05, 4.69) is 13.8 Å². The number of carbonyl (C=O) groups is 1. The van der Waals surface area contributed by atoms with Crippen molar-refractivity contribution in [1.29, 1.82) is 0 Å². The summed E-state index contributed by atoms with van der Waals surface area (Å²) in [5.41, 5.74) is 0. The Labute approximate surface area is 87.0 Å². The predicted molar refractivity (Wildman–Crippen MR) is 56.9 cm³/mol. The van der Waals surface area contributed by atoms with Crippen molar-refractivity contribution in [3.8, 4) is 0 Å². The van der Waals surface area contributed by atoms with E-state index in [1.165, 1.54) is 32.8 Å². The summed E-state index contributed by atoms with van der Waals surface area (Å²) in [5.74, 6) is 1.34. The molecule has 0 N–H and O–H groups in total. The topological polar surface area (TPSA) is 26.3 Å². The van der Waals surface area contributed by atoms with Crippen LogP contribution in [-0.2, 0) is 9.53 Å². The highest BCUT2D eigenvalue weighted by Gasteiger charge is 2.31. The first-order valence-corrected chi connectivity index (χ1v) is 5.78. The third kappa shape index (κ3) is 2.49. The fourth-order valence-corrected chi connectivity index (χ4v) is 2.72. The highest BCUT2D eigenvalue weighted by atomic mass is 16.5. The molecule has 2 heteroatoms. The molecule has 0 saturated heterocycles. The predicted octanol–water partition coefficient (Wildman–Crippen LogP) is 3.01. The molecule has 1 fully saturated rings. The second-order valence-corrected chi connectivity index (χ2v) is 4.44. The third-order valence-corrected chi connectivity index (χ3v) is 3.72. The van der Waals surface area contributed by atoms with Crippen LogP contribution in [-0.4, -0.2) is 13.1 Å². The molecule has 1 unspecified atom stereocenters. The van der Waals surface area contributed by atoms with Crippen molar-refractivity contribution in [2.24, 2.45) is 17.8 Å². The number of ether oxygens (including phenoxy) is 1. The first-order chi connectivity index (χ1) is 6.70. The molecule has 0 spiro atoms. The van der Waals surface area contributed by atoms with E-state index in [-0.39, 0.29) is 11.9 Å². The summed E-state index contributed by atoms with van der Waals surface area (Å²) in [6, 6.07) is 0. The fourth-order valence-electron chi connectivity index (χ4n) is 2.72. The first-order valence-electron chi connectivity index (χ1n) is 5.78. The summed E-state index contributed by atoms with van der Waals surface area (Å²) in [7, 11) is 1.49. The first kappa shape index (κ1) is 11.5. The van der Waals surface area contributed by atoms with E-state index in [0.29, 0.717) is 5.92 Å². The molecule has 0 amide bonds. The Morgan fingerprint density at radius 2 is 2.00 bits per heavy atom. The van der Waals surface area contributed by atoms with E-state index >= 15 is 0 Å². The molecule has 0 aliphatic heterocycles. The smallest absolute Gasteiger partial charge is 0.308 e. The van der Waals surface area contributed by atoms with Gasteiger partial charge in [0.25, 0.3) is 0 Å². The minimum Gasteiger partial charge on any atom is -0.469 e. The average molecular weight is 198 g/mol. The Bertz CT molecular complexity index is 183. The van der Waals surface area contributed by atoms with E-state index in [0.717, 1.165) is 12.3 Å². The Balaban J connectivity index is 2.54. The zero-order valence-electron chi connectivity index (χ0n) is 9.58. The molecule has 0 heterocycles. The summed E-state index contributed by atoms with van der Waals surface area (Å²) in [6.07, 6.45) is 6.19. The van der Waals surface area contributed by atoms with Gasteiger partial charge in [0, 0.05) is 0 Å². The van der Waals surface area contributed by atoms with Crippen LogP contribution in [0.5, 0.6) is 0 Å². The van der Waals surface area contributed by atoms with Gasteiger partial charge in [0.15, 0.2) is 0 Å². The number of hydrogen-bond donors (Lipinski definition) is 0. The molecule has 1 aliphatic rings. The lowest BCUT2D eigenvalue weighted by molar-refractivity contribution is -0.148. The van der Waals surface area contributed by atoms with Gasteiger partial charge in [-0.1, -0.05) is 39.5 Å². The molecule has 82 valence electrons. The van der Waals surface area contributed by atoms with E-state index < -0.39 is 0 Å². The lowest BCUT2D eigenvalue weighted by Crippen LogP contribution is -2.27. The van der Waals surface area contributed by atoms with Crippen molar-refractivity contribution < 1.29 is 9.53 Å². The Kier molecular flexibility index (Phi) is 4.43. The zero-order valence-corrected chi connectivity index (χ0v) is 9.58. The molecule has 0 radical (unpaired) electrons. The van der Waals surface area contributed by atoms with Crippen molar-refractivity contribution in [2.45, 2.75) is 46.0 Å². The van der Waals surface area contributed by atoms with Gasteiger partial charge in [-0.3, -0.25) is 4.79 Å². The van der Waals surface area contributed by atoms with Crippen LogP contribution in [0.15, 0.2) is 0 Å². The minimum absolute atomic E-state index is 0.0214. The lowest BCUT2D eigenvalue weighted by Gasteiger charge is -2.25. The molecule has 2 atom stereocenters. The molecule has 14 heavy (non-hydrogen) atoms. The Morgan fingerprint density at radius 1 is 1.43 bits per heavy atom. The maximum absolute atomic E-state index is 11.5. The van der Waals surface area contributed by atoms with Crippen LogP contribution in [0.2, 0.25) is 0 Å². The standard InChI is InChI=1S/C12H22O2/c1-4-11(12(13)14-3)9(2)10-7-5-6-8-10/h9-11H,4-8H2,1-3H3/t9?,11-/m1/s1. The maximum Gasteiger partial charge on any atom is 0.308 e. The van der Waals surface area contributed by atoms with Crippen LogP contribution in [0.1, 0.15) is 46.0 Å². The molecule has 1 aliphatic carbocycles. The average Bonchev–Trinajstić information content (AvgIpc) is 2.71. The monoisotopic (exact) mass is 198 g/mol. The second kappa shape index (κ2) is 5.38. The van der Waals surface area contributed by atoms with Gasteiger partial charge in [-0.05, 0) is 18.3 Å². The largest absolute Gasteiger partial charge is 0.469 e. The summed E-state index contributed by atoms with van der Waals surface area (Å²) >= 11 is 0. The number of rotatable bonds is 4. The third-order valence-electron chi connectivity index (χ3n) is 3.72. The second-order valence-electron chi connectivity index (χ2n) is 4.44. The Hall–Kier alpha value is -0.530. The summed E-state index contributed by atoms with van der Waals surface area (Å²) in [5, 5.41) is 0. The number of esters is 1. The molecule has 0 aromatic carbocycles. The number of carbonyl (C=O) groups excluding carboxylic acids is 1. The lowest BCUT2D eigenvalue weighted by atomic mass is 9.80. The quantitative estimate of drug-likeness (QED) is 0.649. The van der Waals surface area contributed by atoms with Gasteiger partial charge < -0.3 is 4.74 Å². The van der Waals surface area contributed by atoms with Crippen LogP contribution < -0.4 is 0 Å². The van der Waals surface area contributed by atoms with Crippen molar-refractivity contribution in [3.05, 3.63) is 0 Å². The highest BCUT2D eigenvalue weighted by molar-refractivity contribution is 5.72. The molecule has 0 aromatic rings. The van der Waals surface area contributed by atoms with E-state index in [9.17, 15) is 4.79 Å². The number of methoxy groups -OCH3 is 1. The van der Waals surface area contributed by atoms with Crippen LogP contribution >= 0.6 is 0 Å². The van der Waals surface area contributed by atoms with Gasteiger partial charge in [-0.25, -0.2) is 0 Å². The summed E-state index contributed by atoms with van der Waals surface area (Å²) in [4.78, 5) is 11.5. The maximum atomic E-state index is 11.5. The van der Waals surface area contributed by atoms with Crippen molar-refractivity contribution in [1.82, 2.24) is 0 Å². The van der Waals surface area contributed by atoms with Crippen LogP contribution in [0.3, 0.4) is 0 Å². The zero-order chi connectivity index (χ0) is 10.6. The van der Waals surface area contributed by atoms with Crippen molar-refractivity contribution in [3.63, 3.8) is 0 Å². The van der Waals surface area contributed by atoms with Gasteiger partial charge in [0.1, 0.15) is 0 Å². The summed E-state index contributed by atoms with van der Waals surface area (Å²) in [6.45, 7) is 4.29. The van der Waals surface area contributed by atoms with Crippen LogP contribution in [0.4, 0.5) is 0 Å². The van der Waals surface area contributed by atoms with E-state index in [1.807, 2.05) is 0 Å². The molecule has 1 rings (SSSR count). The SMILES string of the molecule is CC[C@@H](C(=O)OC)C(C)C1CCCC1. The molecule has 0 bridgehead atoms. The molecule has 0 aromatic heterocycles. The molecule has 2 nitrogen and oxygen atoms in total. The molecular formula is C12H22O2. The Morgan fingerprint density at radius 3 is 2.43 bits per heavy atom. The fraction of sp³-hybridized carbons (Fsp3) is 0.917. The molecular weight excluding hydrogens is 176 g/mol. The van der Waals surface area contributed by atoms with E-state index in [4.69, 9.17) is 4.74 Å². The minimum atomic E-state index is -0.0214. The van der Waals surface area contributed by atoms with Crippen LogP contribution in [0, 0.1) is 17.8 Å². The summed E-state index contributed by atoms with van der Waals surface area (Å²) < 4.78 is 4.85. The number of hydrogen-bond acceptors (Lipinski definition) is 2. The van der Waals surface area contributed by atoms with Crippen LogP contribution in [0.25, 0.3) is 0 Å². The van der Waals surface area contributed by atoms with E-state index in [1.54, 1.807) is 0 Å². The molecule has 1 saturated carbocycles. The highest BCUT2D eigenvalue weighted by Crippen LogP contribution is 2.36. The van der Waals surface area contributed by atoms with Gasteiger partial charge in [-0.2, -0.15) is 0 Å². The van der Waals surface area contributed by atoms with Crippen molar-refractivity contribution in [2.75, 3.05) is 7.11 Å². The van der Waals surface area contributed by atoms with Gasteiger partial charge in [-0.15, -0.1) is 0 Å². The van der Waals surface area contributed by atoms with Gasteiger partial charge >= 0.3 is 5.97 Å².